The molecule has 0 aromatic rings. The van der Waals surface area contributed by atoms with Gasteiger partial charge in [-0.2, -0.15) is 0 Å². The van der Waals surface area contributed by atoms with E-state index in [4.69, 9.17) is 0 Å². The summed E-state index contributed by atoms with van der Waals surface area (Å²) in [4.78, 5) is 34.3. The van der Waals surface area contributed by atoms with Gasteiger partial charge in [0.15, 0.2) is 0 Å². The van der Waals surface area contributed by atoms with Gasteiger partial charge in [0, 0.05) is 6.42 Å². The number of ether oxygens (including phenoxy) is 1. The smallest absolute Gasteiger partial charge is 0.324 e. The van der Waals surface area contributed by atoms with E-state index in [2.05, 4.69) is 23.8 Å². The van der Waals surface area contributed by atoms with Crippen molar-refractivity contribution in [2.45, 2.75) is 129 Å². The number of cyclic esters (lactones) is 2. The summed E-state index contributed by atoms with van der Waals surface area (Å²) in [5.74, 6) is -2.18. The Kier molecular flexibility index (Phi) is 16.2. The van der Waals surface area contributed by atoms with Crippen molar-refractivity contribution in [2.24, 2.45) is 5.92 Å². The summed E-state index contributed by atoms with van der Waals surface area (Å²) in [6.45, 7) is 2.26. The topological polar surface area (TPSA) is 60.4 Å². The van der Waals surface area contributed by atoms with Crippen LogP contribution >= 0.6 is 0 Å². The summed E-state index contributed by atoms with van der Waals surface area (Å²) < 4.78 is 4.44. The van der Waals surface area contributed by atoms with Gasteiger partial charge in [-0.1, -0.05) is 96.1 Å². The summed E-state index contributed by atoms with van der Waals surface area (Å²) in [6.07, 6.45) is 26.5. The summed E-state index contributed by atoms with van der Waals surface area (Å²) in [5.41, 5.74) is 0. The molecule has 0 spiro atoms. The molecule has 1 fully saturated rings. The predicted molar refractivity (Wildman–Crippen MR) is 122 cm³/mol. The van der Waals surface area contributed by atoms with Crippen molar-refractivity contribution in [3.05, 3.63) is 12.2 Å². The lowest BCUT2D eigenvalue weighted by Crippen LogP contribution is -2.18. The number of hydrogen-bond acceptors (Lipinski definition) is 4. The zero-order valence-corrected chi connectivity index (χ0v) is 19.3. The molecule has 0 aromatic heterocycles. The van der Waals surface area contributed by atoms with Crippen LogP contribution in [0.25, 0.3) is 0 Å². The van der Waals surface area contributed by atoms with Crippen LogP contribution in [0.1, 0.15) is 129 Å². The van der Waals surface area contributed by atoms with Gasteiger partial charge in [0.25, 0.3) is 0 Å². The second kappa shape index (κ2) is 18.3. The van der Waals surface area contributed by atoms with Gasteiger partial charge in [0.1, 0.15) is 11.7 Å². The van der Waals surface area contributed by atoms with Gasteiger partial charge in [0.05, 0.1) is 6.42 Å². The Balaban J connectivity index is 1.78. The van der Waals surface area contributed by atoms with Gasteiger partial charge in [0.2, 0.25) is 0 Å². The molecule has 1 unspecified atom stereocenters. The number of esters is 2. The molecule has 172 valence electrons. The van der Waals surface area contributed by atoms with E-state index in [0.717, 1.165) is 19.3 Å². The zero-order valence-electron chi connectivity index (χ0n) is 19.3. The molecule has 4 nitrogen and oxygen atoms in total. The predicted octanol–water partition coefficient (Wildman–Crippen LogP) is 7.24. The molecule has 0 aliphatic carbocycles. The first-order chi connectivity index (χ1) is 14.6. The molecule has 0 saturated carbocycles. The minimum absolute atomic E-state index is 0.0629. The highest BCUT2D eigenvalue weighted by atomic mass is 16.6. The summed E-state index contributed by atoms with van der Waals surface area (Å²) in [5, 5.41) is 0. The van der Waals surface area contributed by atoms with Crippen LogP contribution in [-0.2, 0) is 19.1 Å². The maximum absolute atomic E-state index is 11.9. The van der Waals surface area contributed by atoms with Crippen LogP contribution in [0.3, 0.4) is 0 Å². The zero-order chi connectivity index (χ0) is 21.9. The van der Waals surface area contributed by atoms with Gasteiger partial charge in [-0.05, 0) is 32.1 Å². The minimum Gasteiger partial charge on any atom is -0.393 e. The molecule has 30 heavy (non-hydrogen) atoms. The van der Waals surface area contributed by atoms with Crippen LogP contribution in [0.15, 0.2) is 12.2 Å². The molecule has 1 saturated heterocycles. The molecular weight excluding hydrogens is 376 g/mol. The van der Waals surface area contributed by atoms with Gasteiger partial charge in [-0.3, -0.25) is 14.4 Å². The van der Waals surface area contributed by atoms with Crippen LogP contribution < -0.4 is 0 Å². The fourth-order valence-electron chi connectivity index (χ4n) is 3.97. The van der Waals surface area contributed by atoms with E-state index in [0.29, 0.717) is 6.42 Å². The van der Waals surface area contributed by atoms with Crippen LogP contribution in [-0.4, -0.2) is 17.7 Å². The highest BCUT2D eigenvalue weighted by Gasteiger charge is 2.38. The molecule has 0 amide bonds. The Hall–Kier alpha value is -1.45. The van der Waals surface area contributed by atoms with Crippen LogP contribution in [0.4, 0.5) is 0 Å². The van der Waals surface area contributed by atoms with E-state index in [1.54, 1.807) is 0 Å². The maximum Gasteiger partial charge on any atom is 0.324 e. The number of hydrogen-bond donors (Lipinski definition) is 0. The highest BCUT2D eigenvalue weighted by Crippen LogP contribution is 2.20. The quantitative estimate of drug-likeness (QED) is 0.0901. The molecule has 1 atom stereocenters. The number of allylic oxidation sites excluding steroid dienone is 2. The summed E-state index contributed by atoms with van der Waals surface area (Å²) >= 11 is 0. The second-order valence-corrected chi connectivity index (χ2v) is 8.76. The third-order valence-electron chi connectivity index (χ3n) is 5.94. The molecule has 0 aromatic carbocycles. The molecule has 1 aliphatic heterocycles. The van der Waals surface area contributed by atoms with Crippen LogP contribution in [0, 0.1) is 5.92 Å². The number of Topliss-reactive ketones (excluding diaryl/α,β-unsaturated/α-hetero) is 1. The molecule has 0 N–H and O–H groups in total. The van der Waals surface area contributed by atoms with Crippen molar-refractivity contribution in [2.75, 3.05) is 0 Å². The fourth-order valence-corrected chi connectivity index (χ4v) is 3.97. The lowest BCUT2D eigenvalue weighted by molar-refractivity contribution is -0.153. The van der Waals surface area contributed by atoms with E-state index >= 15 is 0 Å². The van der Waals surface area contributed by atoms with Crippen molar-refractivity contribution < 1.29 is 19.1 Å². The second-order valence-electron chi connectivity index (χ2n) is 8.76. The van der Waals surface area contributed by atoms with Gasteiger partial charge in [-0.15, -0.1) is 0 Å². The molecular formula is C26H44O4. The first-order valence-corrected chi connectivity index (χ1v) is 12.6. The summed E-state index contributed by atoms with van der Waals surface area (Å²) in [6, 6.07) is 0. The Morgan fingerprint density at radius 2 is 1.23 bits per heavy atom. The average Bonchev–Trinajstić information content (AvgIpc) is 3.07. The van der Waals surface area contributed by atoms with E-state index in [1.165, 1.54) is 89.9 Å². The fraction of sp³-hybridized carbons (Fsp3) is 0.808. The largest absolute Gasteiger partial charge is 0.393 e. The molecule has 1 aliphatic rings. The van der Waals surface area contributed by atoms with Crippen molar-refractivity contribution in [3.8, 4) is 0 Å². The molecule has 0 radical (unpaired) electrons. The molecule has 1 rings (SSSR count). The molecule has 0 bridgehead atoms. The molecule has 4 heteroatoms. The first kappa shape index (κ1) is 26.6. The normalized spacial score (nSPS) is 16.5. The van der Waals surface area contributed by atoms with E-state index in [1.807, 2.05) is 0 Å². The standard InChI is InChI=1S/C26H44O4/c1-2-3-4-5-6-7-8-9-10-11-12-13-14-15-16-17-18-19-20-21-24(27)23-22-25(28)30-26(23)29/h9-10,23H,2-8,11-22H2,1H3/b10-9-. The van der Waals surface area contributed by atoms with Crippen LogP contribution in [0.2, 0.25) is 0 Å². The third kappa shape index (κ3) is 13.7. The van der Waals surface area contributed by atoms with Gasteiger partial charge in [-0.25, -0.2) is 0 Å². The molecule has 1 heterocycles. The first-order valence-electron chi connectivity index (χ1n) is 12.6. The maximum atomic E-state index is 11.9. The van der Waals surface area contributed by atoms with E-state index < -0.39 is 17.9 Å². The Morgan fingerprint density at radius 1 is 0.767 bits per heavy atom. The number of carbonyl (C=O) groups excluding carboxylic acids is 3. The lowest BCUT2D eigenvalue weighted by atomic mass is 9.97. The van der Waals surface area contributed by atoms with Crippen molar-refractivity contribution in [1.29, 1.82) is 0 Å². The number of rotatable bonds is 20. The van der Waals surface area contributed by atoms with E-state index in [-0.39, 0.29) is 12.2 Å². The van der Waals surface area contributed by atoms with Crippen molar-refractivity contribution >= 4 is 17.7 Å². The van der Waals surface area contributed by atoms with Gasteiger partial charge >= 0.3 is 11.9 Å². The monoisotopic (exact) mass is 420 g/mol. The SMILES string of the molecule is CCCCCCCC/C=C\CCCCCCCCCCCC(=O)C1CC(=O)OC1=O. The van der Waals surface area contributed by atoms with Crippen LogP contribution in [0.5, 0.6) is 0 Å². The number of carbonyl (C=O) groups is 3. The Labute approximate surface area is 184 Å². The lowest BCUT2D eigenvalue weighted by Gasteiger charge is -2.04. The van der Waals surface area contributed by atoms with Crippen molar-refractivity contribution in [1.82, 2.24) is 0 Å². The number of unbranched alkanes of at least 4 members (excludes halogenated alkanes) is 15. The Morgan fingerprint density at radius 3 is 1.70 bits per heavy atom. The van der Waals surface area contributed by atoms with Gasteiger partial charge < -0.3 is 4.74 Å². The third-order valence-corrected chi connectivity index (χ3v) is 5.94. The Bertz CT molecular complexity index is 509. The van der Waals surface area contributed by atoms with E-state index in [9.17, 15) is 14.4 Å². The minimum atomic E-state index is -0.831. The highest BCUT2D eigenvalue weighted by molar-refractivity contribution is 6.08. The average molecular weight is 421 g/mol. The summed E-state index contributed by atoms with van der Waals surface area (Å²) in [7, 11) is 0. The van der Waals surface area contributed by atoms with Crippen molar-refractivity contribution in [3.63, 3.8) is 0 Å². The number of ketones is 1.